The van der Waals surface area contributed by atoms with E-state index in [1.54, 1.807) is 18.4 Å². The average Bonchev–Trinajstić information content (AvgIpc) is 3.07. The van der Waals surface area contributed by atoms with Crippen LogP contribution in [-0.2, 0) is 10.0 Å². The third-order valence-corrected chi connectivity index (χ3v) is 5.29. The van der Waals surface area contributed by atoms with Gasteiger partial charge < -0.3 is 4.52 Å². The van der Waals surface area contributed by atoms with E-state index in [2.05, 4.69) is 14.9 Å². The molecule has 2 heterocycles. The third-order valence-electron chi connectivity index (χ3n) is 2.76. The molecular formula is C13H10ClN3O3S2. The van der Waals surface area contributed by atoms with Crippen LogP contribution in [0.25, 0.3) is 10.8 Å². The lowest BCUT2D eigenvalue weighted by Gasteiger charge is -2.07. The average molecular weight is 356 g/mol. The first-order valence-electron chi connectivity index (χ1n) is 6.12. The Bertz CT molecular complexity index is 901. The molecule has 0 bridgehead atoms. The summed E-state index contributed by atoms with van der Waals surface area (Å²) in [5.74, 6) is 0.760. The van der Waals surface area contributed by atoms with Crippen LogP contribution in [0.15, 0.2) is 45.1 Å². The van der Waals surface area contributed by atoms with E-state index in [0.29, 0.717) is 21.4 Å². The SMILES string of the molecule is Cc1noc(-c2sccc2NS(=O)(=O)c2ccc(Cl)cc2)n1. The molecule has 0 unspecified atom stereocenters. The molecule has 1 N–H and O–H groups in total. The Labute approximate surface area is 135 Å². The van der Waals surface area contributed by atoms with Crippen LogP contribution in [0.5, 0.6) is 0 Å². The molecule has 0 radical (unpaired) electrons. The van der Waals surface area contributed by atoms with Gasteiger partial charge in [0.2, 0.25) is 0 Å². The summed E-state index contributed by atoms with van der Waals surface area (Å²) in [5, 5.41) is 5.92. The summed E-state index contributed by atoms with van der Waals surface area (Å²) in [5.41, 5.74) is 0.392. The highest BCUT2D eigenvalue weighted by Crippen LogP contribution is 2.33. The molecule has 1 aromatic carbocycles. The highest BCUT2D eigenvalue weighted by atomic mass is 35.5. The van der Waals surface area contributed by atoms with Crippen molar-refractivity contribution in [3.05, 3.63) is 46.6 Å². The lowest BCUT2D eigenvalue weighted by molar-refractivity contribution is 0.426. The standard InChI is InChI=1S/C13H10ClN3O3S2/c1-8-15-13(20-16-8)12-11(6-7-21-12)17-22(18,19)10-4-2-9(14)3-5-10/h2-7,17H,1H3. The van der Waals surface area contributed by atoms with Crippen LogP contribution in [-0.4, -0.2) is 18.6 Å². The van der Waals surface area contributed by atoms with Crippen LogP contribution in [0.1, 0.15) is 5.82 Å². The molecule has 3 aromatic rings. The molecule has 0 aliphatic carbocycles. The Morgan fingerprint density at radius 3 is 2.59 bits per heavy atom. The van der Waals surface area contributed by atoms with E-state index in [1.807, 2.05) is 0 Å². The number of hydrogen-bond acceptors (Lipinski definition) is 6. The quantitative estimate of drug-likeness (QED) is 0.773. The van der Waals surface area contributed by atoms with Crippen LogP contribution >= 0.6 is 22.9 Å². The van der Waals surface area contributed by atoms with Gasteiger partial charge in [0.1, 0.15) is 4.88 Å². The monoisotopic (exact) mass is 355 g/mol. The molecule has 0 saturated heterocycles. The normalized spacial score (nSPS) is 11.5. The number of thiophene rings is 1. The predicted molar refractivity (Wildman–Crippen MR) is 84.6 cm³/mol. The van der Waals surface area contributed by atoms with Gasteiger partial charge in [0, 0.05) is 5.02 Å². The summed E-state index contributed by atoms with van der Waals surface area (Å²) in [6.45, 7) is 1.69. The maximum atomic E-state index is 12.4. The summed E-state index contributed by atoms with van der Waals surface area (Å²) in [4.78, 5) is 4.80. The van der Waals surface area contributed by atoms with Gasteiger partial charge in [-0.2, -0.15) is 4.98 Å². The largest absolute Gasteiger partial charge is 0.333 e. The van der Waals surface area contributed by atoms with E-state index in [9.17, 15) is 8.42 Å². The molecule has 0 aliphatic heterocycles. The van der Waals surface area contributed by atoms with Gasteiger partial charge in [-0.05, 0) is 42.6 Å². The molecule has 0 fully saturated rings. The van der Waals surface area contributed by atoms with Crippen molar-refractivity contribution in [3.63, 3.8) is 0 Å². The summed E-state index contributed by atoms with van der Waals surface area (Å²) in [6, 6.07) is 7.56. The number of nitrogens with zero attached hydrogens (tertiary/aromatic N) is 2. The summed E-state index contributed by atoms with van der Waals surface area (Å²) < 4.78 is 32.4. The number of aryl methyl sites for hydroxylation is 1. The second kappa shape index (κ2) is 5.71. The summed E-state index contributed by atoms with van der Waals surface area (Å²) >= 11 is 7.08. The van der Waals surface area contributed by atoms with Gasteiger partial charge in [0.05, 0.1) is 10.6 Å². The first-order chi connectivity index (χ1) is 10.5. The lowest BCUT2D eigenvalue weighted by atomic mass is 10.4. The number of anilines is 1. The summed E-state index contributed by atoms with van der Waals surface area (Å²) in [7, 11) is -3.72. The zero-order valence-electron chi connectivity index (χ0n) is 11.3. The van der Waals surface area contributed by atoms with Crippen molar-refractivity contribution < 1.29 is 12.9 Å². The van der Waals surface area contributed by atoms with Gasteiger partial charge in [-0.25, -0.2) is 8.42 Å². The number of rotatable bonds is 4. The topological polar surface area (TPSA) is 85.1 Å². The van der Waals surface area contributed by atoms with Crippen molar-refractivity contribution in [2.45, 2.75) is 11.8 Å². The van der Waals surface area contributed by atoms with Crippen LogP contribution in [0.3, 0.4) is 0 Å². The van der Waals surface area contributed by atoms with Gasteiger partial charge in [-0.3, -0.25) is 4.72 Å². The highest BCUT2D eigenvalue weighted by molar-refractivity contribution is 7.92. The van der Waals surface area contributed by atoms with Crippen LogP contribution < -0.4 is 4.72 Å². The van der Waals surface area contributed by atoms with Gasteiger partial charge in [0.25, 0.3) is 15.9 Å². The minimum absolute atomic E-state index is 0.121. The second-order valence-electron chi connectivity index (χ2n) is 4.37. The van der Waals surface area contributed by atoms with E-state index in [0.717, 1.165) is 0 Å². The maximum Gasteiger partial charge on any atom is 0.270 e. The molecule has 0 atom stereocenters. The van der Waals surface area contributed by atoms with Gasteiger partial charge in [-0.1, -0.05) is 16.8 Å². The zero-order valence-corrected chi connectivity index (χ0v) is 13.7. The summed E-state index contributed by atoms with van der Waals surface area (Å²) in [6.07, 6.45) is 0. The molecular weight excluding hydrogens is 346 g/mol. The number of aromatic nitrogens is 2. The molecule has 0 spiro atoms. The molecule has 3 rings (SSSR count). The number of benzene rings is 1. The van der Waals surface area contributed by atoms with Gasteiger partial charge in [-0.15, -0.1) is 11.3 Å². The Hall–Kier alpha value is -1.90. The molecule has 0 amide bonds. The van der Waals surface area contributed by atoms with Crippen LogP contribution in [0.2, 0.25) is 5.02 Å². The predicted octanol–water partition coefficient (Wildman–Crippen LogP) is 3.56. The van der Waals surface area contributed by atoms with E-state index in [1.165, 1.54) is 35.6 Å². The molecule has 2 aromatic heterocycles. The number of hydrogen-bond donors (Lipinski definition) is 1. The Kier molecular flexibility index (Phi) is 3.90. The minimum Gasteiger partial charge on any atom is -0.333 e. The highest BCUT2D eigenvalue weighted by Gasteiger charge is 2.20. The van der Waals surface area contributed by atoms with Crippen molar-refractivity contribution in [3.8, 4) is 10.8 Å². The fraction of sp³-hybridized carbons (Fsp3) is 0.0769. The molecule has 0 saturated carbocycles. The molecule has 9 heteroatoms. The van der Waals surface area contributed by atoms with E-state index in [4.69, 9.17) is 16.1 Å². The fourth-order valence-corrected chi connectivity index (χ4v) is 3.79. The lowest BCUT2D eigenvalue weighted by Crippen LogP contribution is -2.12. The Morgan fingerprint density at radius 2 is 1.95 bits per heavy atom. The number of nitrogens with one attached hydrogen (secondary N) is 1. The number of sulfonamides is 1. The van der Waals surface area contributed by atoms with Crippen LogP contribution in [0.4, 0.5) is 5.69 Å². The van der Waals surface area contributed by atoms with E-state index in [-0.39, 0.29) is 10.8 Å². The Morgan fingerprint density at radius 1 is 1.23 bits per heavy atom. The number of halogens is 1. The van der Waals surface area contributed by atoms with Crippen molar-refractivity contribution in [2.24, 2.45) is 0 Å². The third kappa shape index (κ3) is 2.99. The van der Waals surface area contributed by atoms with Gasteiger partial charge in [0.15, 0.2) is 5.82 Å². The first kappa shape index (κ1) is 15.0. The van der Waals surface area contributed by atoms with E-state index < -0.39 is 10.0 Å². The zero-order chi connectivity index (χ0) is 15.7. The minimum atomic E-state index is -3.72. The second-order valence-corrected chi connectivity index (χ2v) is 7.40. The van der Waals surface area contributed by atoms with Crippen molar-refractivity contribution in [2.75, 3.05) is 4.72 Å². The first-order valence-corrected chi connectivity index (χ1v) is 8.86. The van der Waals surface area contributed by atoms with Gasteiger partial charge >= 0.3 is 0 Å². The fourth-order valence-electron chi connectivity index (χ4n) is 1.76. The molecule has 6 nitrogen and oxygen atoms in total. The van der Waals surface area contributed by atoms with Crippen molar-refractivity contribution in [1.29, 1.82) is 0 Å². The maximum absolute atomic E-state index is 12.4. The van der Waals surface area contributed by atoms with Crippen molar-refractivity contribution in [1.82, 2.24) is 10.1 Å². The molecule has 114 valence electrons. The smallest absolute Gasteiger partial charge is 0.270 e. The molecule has 0 aliphatic rings. The van der Waals surface area contributed by atoms with E-state index >= 15 is 0 Å². The Balaban J connectivity index is 1.94. The molecule has 22 heavy (non-hydrogen) atoms. The van der Waals surface area contributed by atoms with Crippen molar-refractivity contribution >= 4 is 38.6 Å². The van der Waals surface area contributed by atoms with Crippen LogP contribution in [0, 0.1) is 6.92 Å².